The van der Waals surface area contributed by atoms with Crippen LogP contribution in [0.3, 0.4) is 0 Å². The summed E-state index contributed by atoms with van der Waals surface area (Å²) in [6.07, 6.45) is 1.83. The fourth-order valence-corrected chi connectivity index (χ4v) is 0.982. The molecule has 0 fully saturated rings. The van der Waals surface area contributed by atoms with Crippen molar-refractivity contribution in [3.63, 3.8) is 0 Å². The van der Waals surface area contributed by atoms with Crippen LogP contribution in [0.15, 0.2) is 29.8 Å². The van der Waals surface area contributed by atoms with E-state index in [2.05, 4.69) is 6.07 Å². The predicted octanol–water partition coefficient (Wildman–Crippen LogP) is 2.62. The Morgan fingerprint density at radius 1 is 1.38 bits per heavy atom. The molecule has 1 aromatic carbocycles. The summed E-state index contributed by atoms with van der Waals surface area (Å²) in [5.74, 6) is 0.826. The Bertz CT molecular complexity index is 343. The second-order valence-electron chi connectivity index (χ2n) is 2.71. The SMILES string of the molecule is COc1ccc(/C=C(\C)C#N)cc1. The Hall–Kier alpha value is -1.75. The summed E-state index contributed by atoms with van der Waals surface area (Å²) >= 11 is 0. The summed E-state index contributed by atoms with van der Waals surface area (Å²) in [6.45, 7) is 1.78. The second-order valence-corrected chi connectivity index (χ2v) is 2.71. The van der Waals surface area contributed by atoms with Gasteiger partial charge in [-0.25, -0.2) is 0 Å². The van der Waals surface area contributed by atoms with Crippen molar-refractivity contribution >= 4 is 6.08 Å². The van der Waals surface area contributed by atoms with Crippen molar-refractivity contribution in [3.8, 4) is 11.8 Å². The van der Waals surface area contributed by atoms with E-state index < -0.39 is 0 Å². The smallest absolute Gasteiger partial charge is 0.118 e. The van der Waals surface area contributed by atoms with Gasteiger partial charge in [-0.2, -0.15) is 5.26 Å². The van der Waals surface area contributed by atoms with Crippen LogP contribution in [0, 0.1) is 11.3 Å². The fourth-order valence-electron chi connectivity index (χ4n) is 0.982. The number of hydrogen-bond donors (Lipinski definition) is 0. The molecule has 0 spiro atoms. The average molecular weight is 173 g/mol. The molecule has 0 unspecified atom stereocenters. The fraction of sp³-hybridized carbons (Fsp3) is 0.182. The minimum absolute atomic E-state index is 0.699. The number of ether oxygens (including phenoxy) is 1. The highest BCUT2D eigenvalue weighted by atomic mass is 16.5. The number of methoxy groups -OCH3 is 1. The van der Waals surface area contributed by atoms with E-state index in [0.29, 0.717) is 5.57 Å². The summed E-state index contributed by atoms with van der Waals surface area (Å²) < 4.78 is 5.01. The number of rotatable bonds is 2. The van der Waals surface area contributed by atoms with Crippen LogP contribution in [-0.4, -0.2) is 7.11 Å². The molecule has 0 heterocycles. The monoisotopic (exact) mass is 173 g/mol. The first-order valence-electron chi connectivity index (χ1n) is 3.98. The molecular formula is C11H11NO. The van der Waals surface area contributed by atoms with Crippen LogP contribution < -0.4 is 4.74 Å². The molecule has 2 nitrogen and oxygen atoms in total. The molecule has 0 aliphatic heterocycles. The topological polar surface area (TPSA) is 33.0 Å². The van der Waals surface area contributed by atoms with E-state index in [1.165, 1.54) is 0 Å². The van der Waals surface area contributed by atoms with Crippen LogP contribution in [0.2, 0.25) is 0 Å². The van der Waals surface area contributed by atoms with Crippen molar-refractivity contribution in [2.24, 2.45) is 0 Å². The van der Waals surface area contributed by atoms with Crippen LogP contribution in [0.4, 0.5) is 0 Å². The van der Waals surface area contributed by atoms with Gasteiger partial charge in [0.2, 0.25) is 0 Å². The Labute approximate surface area is 78.1 Å². The van der Waals surface area contributed by atoms with Gasteiger partial charge in [0.05, 0.1) is 13.2 Å². The number of nitriles is 1. The van der Waals surface area contributed by atoms with Crippen LogP contribution in [0.25, 0.3) is 6.08 Å². The Morgan fingerprint density at radius 3 is 2.46 bits per heavy atom. The van der Waals surface area contributed by atoms with E-state index in [9.17, 15) is 0 Å². The molecule has 0 aliphatic rings. The van der Waals surface area contributed by atoms with E-state index in [1.54, 1.807) is 14.0 Å². The van der Waals surface area contributed by atoms with Gasteiger partial charge in [0.15, 0.2) is 0 Å². The van der Waals surface area contributed by atoms with Gasteiger partial charge >= 0.3 is 0 Å². The molecule has 1 rings (SSSR count). The zero-order valence-corrected chi connectivity index (χ0v) is 7.74. The van der Waals surface area contributed by atoms with Gasteiger partial charge in [0.25, 0.3) is 0 Å². The van der Waals surface area contributed by atoms with Crippen LogP contribution in [-0.2, 0) is 0 Å². The molecule has 13 heavy (non-hydrogen) atoms. The van der Waals surface area contributed by atoms with Gasteiger partial charge < -0.3 is 4.74 Å². The molecule has 0 N–H and O–H groups in total. The van der Waals surface area contributed by atoms with Crippen LogP contribution >= 0.6 is 0 Å². The van der Waals surface area contributed by atoms with Crippen molar-refractivity contribution in [3.05, 3.63) is 35.4 Å². The quantitative estimate of drug-likeness (QED) is 0.644. The van der Waals surface area contributed by atoms with Crippen molar-refractivity contribution < 1.29 is 4.74 Å². The third kappa shape index (κ3) is 2.64. The van der Waals surface area contributed by atoms with Gasteiger partial charge in [0, 0.05) is 5.57 Å². The molecule has 0 bridgehead atoms. The lowest BCUT2D eigenvalue weighted by Crippen LogP contribution is -1.81. The molecule has 0 aromatic heterocycles. The summed E-state index contributed by atoms with van der Waals surface area (Å²) in [6, 6.07) is 9.65. The van der Waals surface area contributed by atoms with Crippen LogP contribution in [0.1, 0.15) is 12.5 Å². The van der Waals surface area contributed by atoms with Gasteiger partial charge in [-0.15, -0.1) is 0 Å². The third-order valence-corrected chi connectivity index (χ3v) is 1.68. The molecule has 0 saturated carbocycles. The summed E-state index contributed by atoms with van der Waals surface area (Å²) in [5, 5.41) is 8.55. The summed E-state index contributed by atoms with van der Waals surface area (Å²) in [7, 11) is 1.63. The third-order valence-electron chi connectivity index (χ3n) is 1.68. The average Bonchev–Trinajstić information content (AvgIpc) is 2.19. The molecular weight excluding hydrogens is 162 g/mol. The first kappa shape index (κ1) is 9.34. The van der Waals surface area contributed by atoms with Gasteiger partial charge in [-0.1, -0.05) is 12.1 Å². The molecule has 2 heteroatoms. The first-order chi connectivity index (χ1) is 6.26. The molecule has 0 aliphatic carbocycles. The maximum absolute atomic E-state index is 8.55. The summed E-state index contributed by atoms with van der Waals surface area (Å²) in [4.78, 5) is 0. The second kappa shape index (κ2) is 4.32. The Kier molecular flexibility index (Phi) is 3.10. The minimum atomic E-state index is 0.699. The van der Waals surface area contributed by atoms with E-state index in [0.717, 1.165) is 11.3 Å². The zero-order chi connectivity index (χ0) is 9.68. The van der Waals surface area contributed by atoms with E-state index in [-0.39, 0.29) is 0 Å². The van der Waals surface area contributed by atoms with Gasteiger partial charge in [0.1, 0.15) is 5.75 Å². The lowest BCUT2D eigenvalue weighted by atomic mass is 10.1. The minimum Gasteiger partial charge on any atom is -0.497 e. The highest BCUT2D eigenvalue weighted by Crippen LogP contribution is 2.13. The van der Waals surface area contributed by atoms with Crippen molar-refractivity contribution in [1.29, 1.82) is 5.26 Å². The molecule has 0 atom stereocenters. The maximum atomic E-state index is 8.55. The van der Waals surface area contributed by atoms with E-state index in [4.69, 9.17) is 10.00 Å². The highest BCUT2D eigenvalue weighted by Gasteiger charge is 1.91. The number of hydrogen-bond acceptors (Lipinski definition) is 2. The van der Waals surface area contributed by atoms with Gasteiger partial charge in [-0.3, -0.25) is 0 Å². The summed E-state index contributed by atoms with van der Waals surface area (Å²) in [5.41, 5.74) is 1.71. The van der Waals surface area contributed by atoms with Crippen molar-refractivity contribution in [2.75, 3.05) is 7.11 Å². The lowest BCUT2D eigenvalue weighted by Gasteiger charge is -1.98. The van der Waals surface area contributed by atoms with Crippen LogP contribution in [0.5, 0.6) is 5.75 Å². The first-order valence-corrected chi connectivity index (χ1v) is 3.98. The number of benzene rings is 1. The standard InChI is InChI=1S/C11H11NO/c1-9(8-12)7-10-3-5-11(13-2)6-4-10/h3-7H,1-2H3/b9-7+. The normalized spacial score (nSPS) is 10.7. The van der Waals surface area contributed by atoms with E-state index >= 15 is 0 Å². The van der Waals surface area contributed by atoms with Crippen molar-refractivity contribution in [2.45, 2.75) is 6.92 Å². The number of nitrogens with zero attached hydrogens (tertiary/aromatic N) is 1. The predicted molar refractivity (Wildman–Crippen MR) is 52.3 cm³/mol. The lowest BCUT2D eigenvalue weighted by molar-refractivity contribution is 0.415. The zero-order valence-electron chi connectivity index (χ0n) is 7.74. The molecule has 0 radical (unpaired) electrons. The van der Waals surface area contributed by atoms with Gasteiger partial charge in [-0.05, 0) is 30.7 Å². The molecule has 1 aromatic rings. The molecule has 0 amide bonds. The Morgan fingerprint density at radius 2 is 2.00 bits per heavy atom. The van der Waals surface area contributed by atoms with Crippen molar-refractivity contribution in [1.82, 2.24) is 0 Å². The Balaban J connectivity index is 2.88. The maximum Gasteiger partial charge on any atom is 0.118 e. The van der Waals surface area contributed by atoms with E-state index in [1.807, 2.05) is 30.3 Å². The largest absolute Gasteiger partial charge is 0.497 e. The highest BCUT2D eigenvalue weighted by molar-refractivity contribution is 5.56. The molecule has 0 saturated heterocycles. The number of allylic oxidation sites excluding steroid dienone is 1. The molecule has 66 valence electrons.